The van der Waals surface area contributed by atoms with Crippen molar-refractivity contribution in [2.75, 3.05) is 0 Å². The molecule has 0 atom stereocenters. The predicted octanol–water partition coefficient (Wildman–Crippen LogP) is 3.29. The van der Waals surface area contributed by atoms with Gasteiger partial charge in [0.2, 0.25) is 0 Å². The lowest BCUT2D eigenvalue weighted by atomic mass is 10.2. The zero-order valence-electron chi connectivity index (χ0n) is 11.6. The van der Waals surface area contributed by atoms with Gasteiger partial charge in [-0.2, -0.15) is 5.10 Å². The molecule has 21 heavy (non-hydrogen) atoms. The van der Waals surface area contributed by atoms with E-state index in [1.54, 1.807) is 17.8 Å². The van der Waals surface area contributed by atoms with Crippen LogP contribution in [0.15, 0.2) is 30.5 Å². The van der Waals surface area contributed by atoms with Crippen LogP contribution in [0.3, 0.4) is 0 Å². The van der Waals surface area contributed by atoms with E-state index < -0.39 is 0 Å². The van der Waals surface area contributed by atoms with Crippen molar-refractivity contribution < 1.29 is 4.92 Å². The lowest BCUT2D eigenvalue weighted by molar-refractivity contribution is -0.383. The number of para-hydroxylation sites is 1. The van der Waals surface area contributed by atoms with E-state index in [-0.39, 0.29) is 10.6 Å². The van der Waals surface area contributed by atoms with Crippen LogP contribution in [0.2, 0.25) is 5.15 Å². The summed E-state index contributed by atoms with van der Waals surface area (Å²) in [6.45, 7) is 2.33. The number of fused-ring (bicyclic) bond motifs is 1. The number of non-ortho nitro benzene ring substituents is 1. The summed E-state index contributed by atoms with van der Waals surface area (Å²) >= 11 is 6.24. The van der Waals surface area contributed by atoms with Gasteiger partial charge in [-0.3, -0.25) is 14.8 Å². The van der Waals surface area contributed by atoms with Crippen LogP contribution < -0.4 is 0 Å². The maximum absolute atomic E-state index is 11.2. The molecule has 0 fully saturated rings. The van der Waals surface area contributed by atoms with E-state index in [2.05, 4.69) is 5.10 Å². The Labute approximate surface area is 125 Å². The molecule has 0 aliphatic carbocycles. The first-order valence-corrected chi connectivity index (χ1v) is 6.77. The highest BCUT2D eigenvalue weighted by atomic mass is 35.5. The smallest absolute Gasteiger partial charge is 0.293 e. The summed E-state index contributed by atoms with van der Waals surface area (Å²) < 4.78 is 3.44. The number of nitro groups is 1. The number of nitrogens with zero attached hydrogens (tertiary/aromatic N) is 4. The molecule has 108 valence electrons. The molecular weight excluding hydrogens is 292 g/mol. The van der Waals surface area contributed by atoms with Gasteiger partial charge in [-0.25, -0.2) is 0 Å². The molecule has 7 heteroatoms. The van der Waals surface area contributed by atoms with E-state index in [9.17, 15) is 10.1 Å². The van der Waals surface area contributed by atoms with Crippen molar-refractivity contribution in [2.24, 2.45) is 7.05 Å². The van der Waals surface area contributed by atoms with Crippen LogP contribution in [-0.2, 0) is 13.6 Å². The fourth-order valence-electron chi connectivity index (χ4n) is 2.54. The molecule has 0 radical (unpaired) electrons. The Kier molecular flexibility index (Phi) is 3.17. The van der Waals surface area contributed by atoms with Gasteiger partial charge in [-0.15, -0.1) is 0 Å². The first-order chi connectivity index (χ1) is 9.99. The van der Waals surface area contributed by atoms with E-state index in [4.69, 9.17) is 11.6 Å². The second-order valence-corrected chi connectivity index (χ2v) is 5.25. The number of aryl methyl sites for hydroxylation is 2. The van der Waals surface area contributed by atoms with Gasteiger partial charge in [-0.05, 0) is 13.0 Å². The van der Waals surface area contributed by atoms with Crippen LogP contribution in [0.4, 0.5) is 5.69 Å². The molecule has 0 aliphatic rings. The largest absolute Gasteiger partial charge is 0.337 e. The minimum absolute atomic E-state index is 0.0927. The summed E-state index contributed by atoms with van der Waals surface area (Å²) in [5.74, 6) is 0. The molecule has 3 rings (SSSR count). The van der Waals surface area contributed by atoms with Crippen molar-refractivity contribution in [1.29, 1.82) is 0 Å². The number of halogens is 1. The highest BCUT2D eigenvalue weighted by Crippen LogP contribution is 2.28. The van der Waals surface area contributed by atoms with E-state index in [0.29, 0.717) is 17.2 Å². The van der Waals surface area contributed by atoms with Crippen LogP contribution in [0.25, 0.3) is 10.9 Å². The standard InChI is InChI=1S/C14H13ClN4O2/c1-9-11(14(15)17(2)16-9)8-18-7-6-10-4-3-5-12(13(10)18)19(20)21/h3-7H,8H2,1-2H3. The topological polar surface area (TPSA) is 65.9 Å². The summed E-state index contributed by atoms with van der Waals surface area (Å²) in [5, 5.41) is 16.9. The maximum atomic E-state index is 11.2. The molecule has 0 N–H and O–H groups in total. The van der Waals surface area contributed by atoms with Gasteiger partial charge in [0, 0.05) is 30.3 Å². The number of hydrogen-bond donors (Lipinski definition) is 0. The predicted molar refractivity (Wildman–Crippen MR) is 80.6 cm³/mol. The molecule has 0 aliphatic heterocycles. The third-order valence-electron chi connectivity index (χ3n) is 3.56. The molecule has 0 saturated heterocycles. The summed E-state index contributed by atoms with van der Waals surface area (Å²) in [6.07, 6.45) is 1.83. The highest BCUT2D eigenvalue weighted by Gasteiger charge is 2.18. The summed E-state index contributed by atoms with van der Waals surface area (Å²) in [6, 6.07) is 6.92. The zero-order chi connectivity index (χ0) is 15.1. The van der Waals surface area contributed by atoms with Gasteiger partial charge in [0.05, 0.1) is 17.2 Å². The second-order valence-electron chi connectivity index (χ2n) is 4.89. The van der Waals surface area contributed by atoms with Gasteiger partial charge >= 0.3 is 0 Å². The molecule has 0 spiro atoms. The molecule has 2 heterocycles. The second kappa shape index (κ2) is 4.89. The number of rotatable bonds is 3. The van der Waals surface area contributed by atoms with Gasteiger partial charge in [0.25, 0.3) is 5.69 Å². The van der Waals surface area contributed by atoms with Gasteiger partial charge in [0.15, 0.2) is 0 Å². The monoisotopic (exact) mass is 304 g/mol. The van der Waals surface area contributed by atoms with Crippen LogP contribution in [0.1, 0.15) is 11.3 Å². The Hall–Kier alpha value is -2.34. The average Bonchev–Trinajstić information content (AvgIpc) is 2.95. The molecule has 2 aromatic heterocycles. The molecule has 1 aromatic carbocycles. The summed E-state index contributed by atoms with van der Waals surface area (Å²) in [5.41, 5.74) is 2.38. The lowest BCUT2D eigenvalue weighted by Crippen LogP contribution is -2.01. The third-order valence-corrected chi connectivity index (χ3v) is 4.03. The SMILES string of the molecule is Cc1nn(C)c(Cl)c1Cn1ccc2cccc([N+](=O)[O-])c21. The average molecular weight is 305 g/mol. The Morgan fingerprint density at radius 1 is 1.38 bits per heavy atom. The van der Waals surface area contributed by atoms with Crippen molar-refractivity contribution in [3.8, 4) is 0 Å². The minimum Gasteiger partial charge on any atom is -0.337 e. The molecule has 6 nitrogen and oxygen atoms in total. The fourth-order valence-corrected chi connectivity index (χ4v) is 2.78. The number of nitro benzene ring substituents is 1. The third kappa shape index (κ3) is 2.17. The first kappa shape index (κ1) is 13.6. The van der Waals surface area contributed by atoms with E-state index >= 15 is 0 Å². The first-order valence-electron chi connectivity index (χ1n) is 6.39. The van der Waals surface area contributed by atoms with E-state index in [1.807, 2.05) is 29.8 Å². The van der Waals surface area contributed by atoms with Crippen molar-refractivity contribution >= 4 is 28.2 Å². The molecule has 0 amide bonds. The number of benzene rings is 1. The van der Waals surface area contributed by atoms with E-state index in [0.717, 1.165) is 16.6 Å². The Morgan fingerprint density at radius 3 is 2.76 bits per heavy atom. The Balaban J connectivity index is 2.15. The lowest BCUT2D eigenvalue weighted by Gasteiger charge is -2.06. The van der Waals surface area contributed by atoms with Crippen LogP contribution in [0, 0.1) is 17.0 Å². The fraction of sp³-hybridized carbons (Fsp3) is 0.214. The molecule has 0 saturated carbocycles. The Bertz CT molecular complexity index is 850. The number of aromatic nitrogens is 3. The molecular formula is C14H13ClN4O2. The van der Waals surface area contributed by atoms with Crippen molar-refractivity contribution in [3.05, 3.63) is 57.0 Å². The Morgan fingerprint density at radius 2 is 2.14 bits per heavy atom. The van der Waals surface area contributed by atoms with Crippen LogP contribution >= 0.6 is 11.6 Å². The van der Waals surface area contributed by atoms with Crippen molar-refractivity contribution in [2.45, 2.75) is 13.5 Å². The summed E-state index contributed by atoms with van der Waals surface area (Å²) in [7, 11) is 1.77. The van der Waals surface area contributed by atoms with Crippen molar-refractivity contribution in [1.82, 2.24) is 14.3 Å². The highest BCUT2D eigenvalue weighted by molar-refractivity contribution is 6.30. The van der Waals surface area contributed by atoms with Gasteiger partial charge in [-0.1, -0.05) is 23.7 Å². The quantitative estimate of drug-likeness (QED) is 0.551. The van der Waals surface area contributed by atoms with Gasteiger partial charge < -0.3 is 4.57 Å². The van der Waals surface area contributed by atoms with Gasteiger partial charge in [0.1, 0.15) is 10.7 Å². The maximum Gasteiger partial charge on any atom is 0.293 e. The zero-order valence-corrected chi connectivity index (χ0v) is 12.3. The molecule has 0 unspecified atom stereocenters. The molecule has 0 bridgehead atoms. The summed E-state index contributed by atoms with van der Waals surface area (Å²) in [4.78, 5) is 10.8. The van der Waals surface area contributed by atoms with Crippen molar-refractivity contribution in [3.63, 3.8) is 0 Å². The molecule has 3 aromatic rings. The minimum atomic E-state index is -0.365. The normalized spacial score (nSPS) is 11.2. The van der Waals surface area contributed by atoms with E-state index in [1.165, 1.54) is 6.07 Å². The number of hydrogen-bond acceptors (Lipinski definition) is 3. The van der Waals surface area contributed by atoms with Crippen LogP contribution in [-0.4, -0.2) is 19.3 Å². The van der Waals surface area contributed by atoms with Crippen LogP contribution in [0.5, 0.6) is 0 Å².